The molecule has 5 nitrogen and oxygen atoms in total. The summed E-state index contributed by atoms with van der Waals surface area (Å²) in [6, 6.07) is 6.43. The number of hydrogen-bond acceptors (Lipinski definition) is 4. The minimum Gasteiger partial charge on any atom is -0.481 e. The van der Waals surface area contributed by atoms with Crippen LogP contribution in [0.2, 0.25) is 0 Å². The molecule has 0 aliphatic carbocycles. The van der Waals surface area contributed by atoms with Crippen molar-refractivity contribution in [3.63, 3.8) is 0 Å². The van der Waals surface area contributed by atoms with Crippen LogP contribution in [-0.2, 0) is 14.6 Å². The van der Waals surface area contributed by atoms with E-state index in [1.54, 1.807) is 24.3 Å². The molecule has 21 heavy (non-hydrogen) atoms. The molecule has 1 aliphatic heterocycles. The molecular weight excluding hydrogens is 358 g/mol. The first-order chi connectivity index (χ1) is 9.81. The standard InChI is InChI=1S/C14H18BrNO4S/c1-10-13(14(17)18)6-7-16(10)8-9-21(19,20)12-4-2-11(15)3-5-12/h2-5,10,13H,6-9H2,1H3,(H,17,18). The fourth-order valence-electron chi connectivity index (χ4n) is 2.65. The topological polar surface area (TPSA) is 74.7 Å². The molecule has 0 saturated carbocycles. The van der Waals surface area contributed by atoms with E-state index in [0.29, 0.717) is 24.4 Å². The highest BCUT2D eigenvalue weighted by molar-refractivity contribution is 9.10. The molecule has 0 amide bonds. The third-order valence-electron chi connectivity index (χ3n) is 4.02. The zero-order valence-corrected chi connectivity index (χ0v) is 14.1. The second-order valence-electron chi connectivity index (χ2n) is 5.28. The summed E-state index contributed by atoms with van der Waals surface area (Å²) in [6.45, 7) is 2.84. The Balaban J connectivity index is 2.00. The normalized spacial score (nSPS) is 23.3. The Morgan fingerprint density at radius 1 is 1.38 bits per heavy atom. The molecule has 0 bridgehead atoms. The molecule has 1 fully saturated rings. The molecular formula is C14H18BrNO4S. The molecule has 2 unspecified atom stereocenters. The van der Waals surface area contributed by atoms with Crippen molar-refractivity contribution in [3.8, 4) is 0 Å². The molecule has 0 radical (unpaired) electrons. The fraction of sp³-hybridized carbons (Fsp3) is 0.500. The summed E-state index contributed by atoms with van der Waals surface area (Å²) < 4.78 is 25.4. The summed E-state index contributed by atoms with van der Waals surface area (Å²) >= 11 is 3.27. The van der Waals surface area contributed by atoms with Crippen LogP contribution in [0.1, 0.15) is 13.3 Å². The van der Waals surface area contributed by atoms with Crippen LogP contribution < -0.4 is 0 Å². The molecule has 1 saturated heterocycles. The van der Waals surface area contributed by atoms with Crippen molar-refractivity contribution in [2.24, 2.45) is 5.92 Å². The number of nitrogens with zero attached hydrogens (tertiary/aromatic N) is 1. The summed E-state index contributed by atoms with van der Waals surface area (Å²) in [5, 5.41) is 9.08. The van der Waals surface area contributed by atoms with Gasteiger partial charge in [0.2, 0.25) is 0 Å². The predicted molar refractivity (Wildman–Crippen MR) is 83.0 cm³/mol. The summed E-state index contributed by atoms with van der Waals surface area (Å²) in [6.07, 6.45) is 0.578. The number of halogens is 1. The first-order valence-electron chi connectivity index (χ1n) is 6.76. The van der Waals surface area contributed by atoms with Gasteiger partial charge < -0.3 is 5.11 Å². The van der Waals surface area contributed by atoms with E-state index in [1.165, 1.54) is 0 Å². The number of likely N-dealkylation sites (tertiary alicyclic amines) is 1. The van der Waals surface area contributed by atoms with Crippen molar-refractivity contribution in [3.05, 3.63) is 28.7 Å². The van der Waals surface area contributed by atoms with Gasteiger partial charge in [-0.05, 0) is 44.2 Å². The van der Waals surface area contributed by atoms with Gasteiger partial charge in [0.1, 0.15) is 0 Å². The van der Waals surface area contributed by atoms with Gasteiger partial charge >= 0.3 is 5.97 Å². The number of carbonyl (C=O) groups is 1. The molecule has 116 valence electrons. The van der Waals surface area contributed by atoms with E-state index < -0.39 is 21.7 Å². The molecule has 0 spiro atoms. The molecule has 1 heterocycles. The largest absolute Gasteiger partial charge is 0.481 e. The van der Waals surface area contributed by atoms with Crippen LogP contribution in [0.15, 0.2) is 33.6 Å². The summed E-state index contributed by atoms with van der Waals surface area (Å²) in [4.78, 5) is 13.3. The smallest absolute Gasteiger partial charge is 0.308 e. The van der Waals surface area contributed by atoms with Crippen molar-refractivity contribution in [1.29, 1.82) is 0 Å². The second kappa shape index (κ2) is 6.46. The Hall–Kier alpha value is -0.920. The minimum absolute atomic E-state index is 0.00527. The van der Waals surface area contributed by atoms with Crippen LogP contribution in [-0.4, -0.2) is 49.3 Å². The minimum atomic E-state index is -3.34. The fourth-order valence-corrected chi connectivity index (χ4v) is 4.17. The highest BCUT2D eigenvalue weighted by atomic mass is 79.9. The highest BCUT2D eigenvalue weighted by Crippen LogP contribution is 2.24. The number of rotatable bonds is 5. The quantitative estimate of drug-likeness (QED) is 0.851. The molecule has 2 rings (SSSR count). The van der Waals surface area contributed by atoms with Crippen molar-refractivity contribution >= 4 is 31.7 Å². The number of aliphatic carboxylic acids is 1. The van der Waals surface area contributed by atoms with E-state index in [9.17, 15) is 13.2 Å². The van der Waals surface area contributed by atoms with Crippen LogP contribution in [0.4, 0.5) is 0 Å². The molecule has 1 aromatic rings. The number of carboxylic acids is 1. The van der Waals surface area contributed by atoms with E-state index >= 15 is 0 Å². The third kappa shape index (κ3) is 3.84. The summed E-state index contributed by atoms with van der Waals surface area (Å²) in [5.41, 5.74) is 0. The van der Waals surface area contributed by atoms with E-state index in [4.69, 9.17) is 5.11 Å². The van der Waals surface area contributed by atoms with Gasteiger partial charge in [0, 0.05) is 17.1 Å². The molecule has 0 aromatic heterocycles. The van der Waals surface area contributed by atoms with Gasteiger partial charge in [-0.15, -0.1) is 0 Å². The van der Waals surface area contributed by atoms with Gasteiger partial charge in [-0.2, -0.15) is 0 Å². The monoisotopic (exact) mass is 375 g/mol. The number of sulfone groups is 1. The number of carboxylic acid groups (broad SMARTS) is 1. The number of hydrogen-bond donors (Lipinski definition) is 1. The van der Waals surface area contributed by atoms with Gasteiger partial charge in [0.25, 0.3) is 0 Å². The molecule has 1 aliphatic rings. The Bertz CT molecular complexity index is 614. The van der Waals surface area contributed by atoms with Gasteiger partial charge in [-0.1, -0.05) is 15.9 Å². The maximum Gasteiger partial charge on any atom is 0.308 e. The van der Waals surface area contributed by atoms with Gasteiger partial charge in [-0.3, -0.25) is 9.69 Å². The van der Waals surface area contributed by atoms with Crippen molar-refractivity contribution < 1.29 is 18.3 Å². The first-order valence-corrected chi connectivity index (χ1v) is 9.21. The second-order valence-corrected chi connectivity index (χ2v) is 8.31. The van der Waals surface area contributed by atoms with Crippen molar-refractivity contribution in [2.45, 2.75) is 24.3 Å². The SMILES string of the molecule is CC1C(C(=O)O)CCN1CCS(=O)(=O)c1ccc(Br)cc1. The molecule has 2 atom stereocenters. The number of benzene rings is 1. The van der Waals surface area contributed by atoms with Gasteiger partial charge in [0.15, 0.2) is 9.84 Å². The van der Waals surface area contributed by atoms with Crippen LogP contribution in [0.25, 0.3) is 0 Å². The molecule has 1 aromatic carbocycles. The average molecular weight is 376 g/mol. The lowest BCUT2D eigenvalue weighted by Crippen LogP contribution is -2.36. The lowest BCUT2D eigenvalue weighted by atomic mass is 10.0. The molecule has 7 heteroatoms. The summed E-state index contributed by atoms with van der Waals surface area (Å²) in [7, 11) is -3.34. The van der Waals surface area contributed by atoms with Gasteiger partial charge in [-0.25, -0.2) is 8.42 Å². The Morgan fingerprint density at radius 3 is 2.52 bits per heavy atom. The first kappa shape index (κ1) is 16.5. The molecule has 1 N–H and O–H groups in total. The predicted octanol–water partition coefficient (Wildman–Crippen LogP) is 2.02. The maximum absolute atomic E-state index is 12.3. The summed E-state index contributed by atoms with van der Waals surface area (Å²) in [5.74, 6) is -1.20. The Labute approximate surface area is 133 Å². The van der Waals surface area contributed by atoms with E-state index in [-0.39, 0.29) is 11.8 Å². The average Bonchev–Trinajstić information content (AvgIpc) is 2.78. The van der Waals surface area contributed by atoms with E-state index in [0.717, 1.165) is 4.47 Å². The Morgan fingerprint density at radius 2 is 2.00 bits per heavy atom. The van der Waals surface area contributed by atoms with Crippen LogP contribution in [0.3, 0.4) is 0 Å². The Kier molecular flexibility index (Phi) is 5.06. The van der Waals surface area contributed by atoms with Gasteiger partial charge in [0.05, 0.1) is 16.6 Å². The van der Waals surface area contributed by atoms with E-state index in [1.807, 2.05) is 11.8 Å². The van der Waals surface area contributed by atoms with Crippen LogP contribution in [0, 0.1) is 5.92 Å². The van der Waals surface area contributed by atoms with Crippen LogP contribution in [0.5, 0.6) is 0 Å². The van der Waals surface area contributed by atoms with Crippen LogP contribution >= 0.6 is 15.9 Å². The van der Waals surface area contributed by atoms with E-state index in [2.05, 4.69) is 15.9 Å². The lowest BCUT2D eigenvalue weighted by molar-refractivity contribution is -0.142. The highest BCUT2D eigenvalue weighted by Gasteiger charge is 2.35. The van der Waals surface area contributed by atoms with Crippen molar-refractivity contribution in [2.75, 3.05) is 18.8 Å². The van der Waals surface area contributed by atoms with Crippen molar-refractivity contribution in [1.82, 2.24) is 4.90 Å². The zero-order valence-electron chi connectivity index (χ0n) is 11.7. The third-order valence-corrected chi connectivity index (χ3v) is 6.26. The zero-order chi connectivity index (χ0) is 15.6. The lowest BCUT2D eigenvalue weighted by Gasteiger charge is -2.22. The maximum atomic E-state index is 12.3.